The molecule has 1 saturated heterocycles. The molecule has 0 bridgehead atoms. The SMILES string of the molecule is C#CC1COS(=O)(=O)O1. The zero-order valence-corrected chi connectivity index (χ0v) is 5.22. The van der Waals surface area contributed by atoms with Crippen molar-refractivity contribution in [1.82, 2.24) is 0 Å². The first kappa shape index (κ1) is 6.55. The van der Waals surface area contributed by atoms with E-state index in [0.717, 1.165) is 0 Å². The first-order valence-electron chi connectivity index (χ1n) is 2.18. The van der Waals surface area contributed by atoms with E-state index in [0.29, 0.717) is 0 Å². The minimum atomic E-state index is -3.75. The Labute approximate surface area is 53.1 Å². The molecule has 0 spiro atoms. The van der Waals surface area contributed by atoms with Crippen molar-refractivity contribution < 1.29 is 16.8 Å². The summed E-state index contributed by atoms with van der Waals surface area (Å²) in [6.45, 7) is -0.0706. The van der Waals surface area contributed by atoms with E-state index in [4.69, 9.17) is 6.42 Å². The van der Waals surface area contributed by atoms with E-state index >= 15 is 0 Å². The first-order chi connectivity index (χ1) is 4.14. The molecular weight excluding hydrogens is 144 g/mol. The van der Waals surface area contributed by atoms with Crippen molar-refractivity contribution in [2.24, 2.45) is 0 Å². The second-order valence-corrected chi connectivity index (χ2v) is 2.69. The van der Waals surface area contributed by atoms with Gasteiger partial charge in [0.15, 0.2) is 6.10 Å². The molecule has 0 aromatic heterocycles. The van der Waals surface area contributed by atoms with Crippen LogP contribution in [-0.2, 0) is 18.8 Å². The van der Waals surface area contributed by atoms with Gasteiger partial charge in [-0.2, -0.15) is 8.42 Å². The van der Waals surface area contributed by atoms with E-state index < -0.39 is 16.5 Å². The second kappa shape index (κ2) is 1.99. The Morgan fingerprint density at radius 1 is 1.67 bits per heavy atom. The van der Waals surface area contributed by atoms with Gasteiger partial charge in [0.25, 0.3) is 0 Å². The Bertz CT molecular complexity index is 234. The molecule has 0 aromatic rings. The van der Waals surface area contributed by atoms with Crippen LogP contribution in [0.15, 0.2) is 0 Å². The van der Waals surface area contributed by atoms with Crippen molar-refractivity contribution in [3.05, 3.63) is 0 Å². The third-order valence-corrected chi connectivity index (χ3v) is 1.68. The van der Waals surface area contributed by atoms with E-state index in [1.54, 1.807) is 0 Å². The van der Waals surface area contributed by atoms with Crippen LogP contribution in [-0.4, -0.2) is 21.1 Å². The van der Waals surface area contributed by atoms with Gasteiger partial charge in [0.2, 0.25) is 0 Å². The largest absolute Gasteiger partial charge is 0.401 e. The standard InChI is InChI=1S/C4H4O4S/c1-2-4-3-7-9(5,6)8-4/h1,4H,3H2. The van der Waals surface area contributed by atoms with Crippen LogP contribution in [0.3, 0.4) is 0 Å². The van der Waals surface area contributed by atoms with Crippen molar-refractivity contribution in [3.63, 3.8) is 0 Å². The Morgan fingerprint density at radius 3 is 2.56 bits per heavy atom. The third kappa shape index (κ3) is 1.42. The summed E-state index contributed by atoms with van der Waals surface area (Å²) in [6, 6.07) is 0. The van der Waals surface area contributed by atoms with Gasteiger partial charge in [0.1, 0.15) is 6.61 Å². The lowest BCUT2D eigenvalue weighted by atomic mass is 10.4. The lowest BCUT2D eigenvalue weighted by Gasteiger charge is -1.89. The average Bonchev–Trinajstić information content (AvgIpc) is 2.10. The quantitative estimate of drug-likeness (QED) is 0.425. The maximum absolute atomic E-state index is 10.3. The summed E-state index contributed by atoms with van der Waals surface area (Å²) in [5.74, 6) is 2.09. The number of hydrogen-bond donors (Lipinski definition) is 0. The number of hydrogen-bond acceptors (Lipinski definition) is 4. The number of rotatable bonds is 0. The molecule has 0 N–H and O–H groups in total. The molecule has 9 heavy (non-hydrogen) atoms. The van der Waals surface area contributed by atoms with E-state index in [9.17, 15) is 8.42 Å². The highest BCUT2D eigenvalue weighted by molar-refractivity contribution is 7.82. The fourth-order valence-corrected chi connectivity index (χ4v) is 1.16. The van der Waals surface area contributed by atoms with Crippen molar-refractivity contribution >= 4 is 10.4 Å². The van der Waals surface area contributed by atoms with Gasteiger partial charge >= 0.3 is 10.4 Å². The second-order valence-electron chi connectivity index (χ2n) is 1.44. The smallest absolute Gasteiger partial charge is 0.244 e. The van der Waals surface area contributed by atoms with Crippen LogP contribution in [0.5, 0.6) is 0 Å². The fraction of sp³-hybridized carbons (Fsp3) is 0.500. The molecule has 5 heteroatoms. The van der Waals surface area contributed by atoms with Crippen LogP contribution in [0.2, 0.25) is 0 Å². The molecule has 1 rings (SSSR count). The summed E-state index contributed by atoms with van der Waals surface area (Å²) in [5, 5.41) is 0. The predicted octanol–water partition coefficient (Wildman–Crippen LogP) is -0.720. The normalized spacial score (nSPS) is 31.7. The highest BCUT2D eigenvalue weighted by Crippen LogP contribution is 2.10. The van der Waals surface area contributed by atoms with Gasteiger partial charge in [-0.25, -0.2) is 8.37 Å². The minimum Gasteiger partial charge on any atom is -0.244 e. The lowest BCUT2D eigenvalue weighted by Crippen LogP contribution is -2.05. The van der Waals surface area contributed by atoms with Gasteiger partial charge in [-0.05, 0) is 0 Å². The summed E-state index contributed by atoms with van der Waals surface area (Å²) in [6.07, 6.45) is 4.09. The maximum atomic E-state index is 10.3. The molecule has 0 aromatic carbocycles. The molecule has 0 saturated carbocycles. The van der Waals surface area contributed by atoms with Crippen LogP contribution in [0.25, 0.3) is 0 Å². The van der Waals surface area contributed by atoms with E-state index in [1.807, 2.05) is 0 Å². The van der Waals surface area contributed by atoms with Crippen LogP contribution < -0.4 is 0 Å². The van der Waals surface area contributed by atoms with E-state index in [-0.39, 0.29) is 6.61 Å². The molecule has 1 atom stereocenters. The minimum absolute atomic E-state index is 0.0706. The predicted molar refractivity (Wildman–Crippen MR) is 28.6 cm³/mol. The van der Waals surface area contributed by atoms with Crippen LogP contribution >= 0.6 is 0 Å². The van der Waals surface area contributed by atoms with Gasteiger partial charge in [-0.15, -0.1) is 6.42 Å². The van der Waals surface area contributed by atoms with Crippen molar-refractivity contribution in [2.75, 3.05) is 6.61 Å². The zero-order valence-electron chi connectivity index (χ0n) is 4.40. The van der Waals surface area contributed by atoms with Crippen LogP contribution in [0, 0.1) is 12.3 Å². The van der Waals surface area contributed by atoms with Gasteiger partial charge < -0.3 is 0 Å². The van der Waals surface area contributed by atoms with E-state index in [2.05, 4.69) is 14.3 Å². The van der Waals surface area contributed by atoms with Gasteiger partial charge in [0, 0.05) is 0 Å². The van der Waals surface area contributed by atoms with Crippen molar-refractivity contribution in [3.8, 4) is 12.3 Å². The van der Waals surface area contributed by atoms with Crippen LogP contribution in [0.1, 0.15) is 0 Å². The fourth-order valence-electron chi connectivity index (χ4n) is 0.419. The Hall–Kier alpha value is -0.570. The molecule has 50 valence electrons. The van der Waals surface area contributed by atoms with Crippen molar-refractivity contribution in [2.45, 2.75) is 6.10 Å². The molecule has 1 unspecified atom stereocenters. The lowest BCUT2D eigenvalue weighted by molar-refractivity contribution is 0.298. The molecule has 1 fully saturated rings. The van der Waals surface area contributed by atoms with Gasteiger partial charge in [0.05, 0.1) is 0 Å². The topological polar surface area (TPSA) is 52.6 Å². The number of terminal acetylenes is 1. The molecular formula is C4H4O4S. The first-order valence-corrected chi connectivity index (χ1v) is 3.51. The summed E-state index contributed by atoms with van der Waals surface area (Å²) in [4.78, 5) is 0. The highest BCUT2D eigenvalue weighted by Gasteiger charge is 2.27. The molecule has 1 aliphatic rings. The summed E-state index contributed by atoms with van der Waals surface area (Å²) in [7, 11) is -3.75. The monoisotopic (exact) mass is 148 g/mol. The summed E-state index contributed by atoms with van der Waals surface area (Å²) < 4.78 is 28.9. The van der Waals surface area contributed by atoms with Gasteiger partial charge in [-0.1, -0.05) is 5.92 Å². The molecule has 1 aliphatic heterocycles. The summed E-state index contributed by atoms with van der Waals surface area (Å²) >= 11 is 0. The van der Waals surface area contributed by atoms with E-state index in [1.165, 1.54) is 0 Å². The van der Waals surface area contributed by atoms with Gasteiger partial charge in [-0.3, -0.25) is 0 Å². The summed E-state index contributed by atoms with van der Waals surface area (Å²) in [5.41, 5.74) is 0. The van der Waals surface area contributed by atoms with Crippen molar-refractivity contribution in [1.29, 1.82) is 0 Å². The highest BCUT2D eigenvalue weighted by atomic mass is 32.3. The third-order valence-electron chi connectivity index (χ3n) is 0.784. The molecule has 4 nitrogen and oxygen atoms in total. The molecule has 0 aliphatic carbocycles. The Kier molecular flexibility index (Phi) is 1.45. The maximum Gasteiger partial charge on any atom is 0.401 e. The van der Waals surface area contributed by atoms with Crippen LogP contribution in [0.4, 0.5) is 0 Å². The molecule has 0 amide bonds. The molecule has 1 heterocycles. The zero-order chi connectivity index (χ0) is 6.91. The molecule has 0 radical (unpaired) electrons. The average molecular weight is 148 g/mol. The Balaban J connectivity index is 2.72. The Morgan fingerprint density at radius 2 is 2.33 bits per heavy atom.